The van der Waals surface area contributed by atoms with Gasteiger partial charge < -0.3 is 269 Å². The second kappa shape index (κ2) is 49.2. The molecule has 58 nitrogen and oxygen atoms in total. The largest absolute Gasteiger partial charge is 0.394 e. The van der Waals surface area contributed by atoms with Gasteiger partial charge in [0.2, 0.25) is 23.6 Å². The highest BCUT2D eigenvalue weighted by Gasteiger charge is 2.63. The van der Waals surface area contributed by atoms with Gasteiger partial charge in [0.1, 0.15) is 250 Å². The van der Waals surface area contributed by atoms with Crippen LogP contribution in [0.5, 0.6) is 0 Å². The summed E-state index contributed by atoms with van der Waals surface area (Å²) in [6.45, 7) is -3.42. The summed E-state index contributed by atoms with van der Waals surface area (Å²) in [6.07, 6.45) is -102. The number of carbonyl (C=O) groups excluding carboxylic acids is 4. The number of hydrogen-bond donors (Lipinski definition) is 33. The lowest BCUT2D eigenvalue weighted by Crippen LogP contribution is -2.71. The van der Waals surface area contributed by atoms with E-state index in [4.69, 9.17) is 99.5 Å². The Hall–Kier alpha value is -4.12. The Morgan fingerprint density at radius 2 is 0.471 bits per heavy atom. The molecule has 0 aliphatic carbocycles. The predicted molar refractivity (Wildman–Crippen MR) is 424 cm³/mol. The van der Waals surface area contributed by atoms with Gasteiger partial charge in [-0.05, 0) is 5.92 Å². The van der Waals surface area contributed by atoms with E-state index in [0.29, 0.717) is 0 Å². The van der Waals surface area contributed by atoms with E-state index in [0.717, 1.165) is 27.7 Å². The molecule has 11 aliphatic heterocycles. The predicted octanol–water partition coefficient (Wildman–Crippen LogP) is -21.4. The van der Waals surface area contributed by atoms with Crippen molar-refractivity contribution in [1.29, 1.82) is 0 Å². The van der Waals surface area contributed by atoms with Gasteiger partial charge >= 0.3 is 0 Å². The van der Waals surface area contributed by atoms with E-state index in [1.54, 1.807) is 13.8 Å². The maximum atomic E-state index is 13.3. The summed E-state index contributed by atoms with van der Waals surface area (Å²) in [5.41, 5.74) is 0. The maximum absolute atomic E-state index is 13.3. The van der Waals surface area contributed by atoms with Gasteiger partial charge in [0, 0.05) is 33.6 Å². The van der Waals surface area contributed by atoms with Crippen molar-refractivity contribution >= 4 is 23.6 Å². The van der Waals surface area contributed by atoms with Gasteiger partial charge in [-0.2, -0.15) is 0 Å². The molecule has 33 N–H and O–H groups in total. The Morgan fingerprint density at radius 3 is 0.846 bits per heavy atom. The van der Waals surface area contributed by atoms with Gasteiger partial charge in [0.05, 0.1) is 90.9 Å². The molecule has 136 heavy (non-hydrogen) atoms. The van der Waals surface area contributed by atoms with Gasteiger partial charge in [-0.15, -0.1) is 0 Å². The Labute approximate surface area is 773 Å². The smallest absolute Gasteiger partial charge is 0.217 e. The van der Waals surface area contributed by atoms with E-state index in [1.807, 2.05) is 0 Å². The SMILES string of the molecule is CC(=O)NC1[C@H](OCC2O[C@H](OCC3O[C@@H](O[C@@H]4C(CO)O[C@@H](O[C@@H]5C(CO)O[C@@H](C(C)C)C(NC(C)=O)[C@H]5O)C(NC(C)=O)[C@H]4O)C(O)[C@@H](O[C@H]4OC(CO)[C@@H](O)[C@H](O)C4O[C@@H]4OC(CO)[C@@H](O[C@@H]5OC(CO)[C@H](O)[C@H](O)C5O)[C@H](O)C4C)[C@@H]3O)C(O[C@@H]3OC(CO)[C@@H](O[C@@H]4OC(CO)[C@H](O)[C@H](O)C4O)[C@H](O)C3NC(C)=O)[C@@H](O)[C@@H]2O)OC(CO)[C@@H](O[C@@H]2OC(CO)[C@H](O)[C@H](O)C2O)[C@@H]1O. The first-order valence-electron chi connectivity index (χ1n) is 44.2. The normalized spacial score (nSPS) is 49.3. The molecular formula is C78H132N4O54. The average Bonchev–Trinajstić information content (AvgIpc) is 0.763. The highest BCUT2D eigenvalue weighted by atomic mass is 16.8. The number of aliphatic hydroxyl groups excluding tert-OH is 29. The van der Waals surface area contributed by atoms with E-state index in [2.05, 4.69) is 21.3 Å². The highest BCUT2D eigenvalue weighted by Crippen LogP contribution is 2.43. The molecule has 11 rings (SSSR count). The third kappa shape index (κ3) is 24.6. The van der Waals surface area contributed by atoms with E-state index in [-0.39, 0.29) is 0 Å². The van der Waals surface area contributed by atoms with Crippen LogP contribution >= 0.6 is 0 Å². The zero-order valence-corrected chi connectivity index (χ0v) is 74.3. The van der Waals surface area contributed by atoms with Crippen LogP contribution in [0.3, 0.4) is 0 Å². The van der Waals surface area contributed by atoms with Crippen LogP contribution < -0.4 is 21.3 Å². The first kappa shape index (κ1) is 112. The Bertz CT molecular complexity index is 3700. The van der Waals surface area contributed by atoms with Crippen LogP contribution in [0.1, 0.15) is 48.5 Å². The van der Waals surface area contributed by atoms with Crippen molar-refractivity contribution in [3.8, 4) is 0 Å². The van der Waals surface area contributed by atoms with Crippen LogP contribution in [0.25, 0.3) is 0 Å². The molecule has 0 saturated carbocycles. The summed E-state index contributed by atoms with van der Waals surface area (Å²) in [5, 5.41) is 336. The molecule has 22 unspecified atom stereocenters. The second-order valence-corrected chi connectivity index (χ2v) is 35.5. The summed E-state index contributed by atoms with van der Waals surface area (Å²) < 4.78 is 127. The number of carbonyl (C=O) groups is 4. The Balaban J connectivity index is 0.954. The molecule has 0 aromatic heterocycles. The molecule has 11 heterocycles. The average molecular weight is 1990 g/mol. The minimum absolute atomic E-state index is 0.442. The summed E-state index contributed by atoms with van der Waals surface area (Å²) >= 11 is 0. The van der Waals surface area contributed by atoms with E-state index in [9.17, 15) is 167 Å². The first-order valence-corrected chi connectivity index (χ1v) is 44.2. The zero-order valence-electron chi connectivity index (χ0n) is 74.3. The van der Waals surface area contributed by atoms with Gasteiger partial charge in [-0.25, -0.2) is 0 Å². The highest BCUT2D eigenvalue weighted by molar-refractivity contribution is 5.74. The molecule has 11 aliphatic rings. The molecule has 0 spiro atoms. The number of nitrogens with one attached hydrogen (secondary N) is 4. The van der Waals surface area contributed by atoms with Crippen molar-refractivity contribution in [2.24, 2.45) is 11.8 Å². The van der Waals surface area contributed by atoms with Crippen molar-refractivity contribution in [2.45, 2.75) is 380 Å². The number of aliphatic hydroxyl groups is 29. The van der Waals surface area contributed by atoms with Crippen LogP contribution in [0.15, 0.2) is 0 Å². The number of amides is 4. The monoisotopic (exact) mass is 1990 g/mol. The molecule has 58 heteroatoms. The summed E-state index contributed by atoms with van der Waals surface area (Å²) in [5.74, 6) is -5.41. The summed E-state index contributed by atoms with van der Waals surface area (Å²) in [4.78, 5) is 52.1. The first-order chi connectivity index (χ1) is 64.3. The molecule has 788 valence electrons. The number of rotatable bonds is 36. The fraction of sp³-hybridized carbons (Fsp3) is 0.949. The minimum atomic E-state index is -2.62. The molecule has 11 saturated heterocycles. The standard InChI is InChI=1S/C78H132N4O54/c1-19(2)60-36(79-21(4)92)47(103)62(29(12-87)118-60)129-71-38(81-23(6)94)49(105)65(33(16-91)125-71)133-76-59(115)66(134-78-68(54(110)44(100)28(11-86)122-78)135-69-20(3)40(96)61(30(13-88)123-69)130-73-56(112)51(107)41(97)25(8-83)119-73)46(102)35(127-76)18-117-77-67(136-72-39(82-24(7)95)50(106)64(32(15-90)126-72)132-75-58(114)53(109)43(99)27(10-85)121-75)55(111)45(101)34(128-77)17-116-70-37(80-22(5)93)48(104)63(31(14-89)124-70)131-74-57(113)52(108)42(98)26(9-84)120-74/h19-20,25-78,83-91,96-115H,8-18H2,1-7H3,(H,79,92)(H,80,93)(H,81,94)(H,82,95)/t20?,25?,26?,27?,28?,29?,30?,31?,32?,33?,34?,35?,36?,37?,38?,39?,40-,41+,42+,43+,44-,45-,46-,47-,48-,49-,50-,51+,52+,53+,54+,55+,56?,57?,58?,59?,60+,61-,62-,63-,64-,65-,66+,67?,68?,69+,70-,71+,72+,73+,74+,75+,76+,77+,78-/m1/s1. The van der Waals surface area contributed by atoms with Crippen LogP contribution in [0.2, 0.25) is 0 Å². The van der Waals surface area contributed by atoms with Crippen molar-refractivity contribution in [3.63, 3.8) is 0 Å². The lowest BCUT2D eigenvalue weighted by atomic mass is 9.87. The van der Waals surface area contributed by atoms with Crippen molar-refractivity contribution in [1.82, 2.24) is 21.3 Å². The molecule has 0 aromatic rings. The fourth-order valence-electron chi connectivity index (χ4n) is 18.1. The third-order valence-electron chi connectivity index (χ3n) is 25.6. The molecule has 0 aromatic carbocycles. The molecule has 11 fully saturated rings. The van der Waals surface area contributed by atoms with Crippen LogP contribution in [-0.2, 0) is 119 Å². The number of hydrogen-bond acceptors (Lipinski definition) is 54. The molecule has 0 bridgehead atoms. The molecule has 4 amide bonds. The van der Waals surface area contributed by atoms with E-state index < -0.39 is 439 Å². The van der Waals surface area contributed by atoms with Crippen molar-refractivity contribution in [2.75, 3.05) is 72.7 Å². The summed E-state index contributed by atoms with van der Waals surface area (Å²) in [7, 11) is 0. The lowest BCUT2D eigenvalue weighted by Gasteiger charge is -2.51. The topological polar surface area (TPSA) is 897 Å². The van der Waals surface area contributed by atoms with E-state index in [1.165, 1.54) is 6.92 Å². The van der Waals surface area contributed by atoms with Gasteiger partial charge in [0.15, 0.2) is 62.9 Å². The van der Waals surface area contributed by atoms with Gasteiger partial charge in [-0.1, -0.05) is 20.8 Å². The fourth-order valence-corrected chi connectivity index (χ4v) is 18.1. The number of ether oxygens (including phenoxy) is 21. The van der Waals surface area contributed by atoms with Gasteiger partial charge in [0.25, 0.3) is 0 Å². The lowest BCUT2D eigenvalue weighted by molar-refractivity contribution is -0.401. The zero-order chi connectivity index (χ0) is 100. The van der Waals surface area contributed by atoms with Gasteiger partial charge in [-0.3, -0.25) is 19.2 Å². The molecule has 55 atom stereocenters. The van der Waals surface area contributed by atoms with Crippen molar-refractivity contribution in [3.05, 3.63) is 0 Å². The van der Waals surface area contributed by atoms with E-state index >= 15 is 0 Å². The minimum Gasteiger partial charge on any atom is -0.394 e. The summed E-state index contributed by atoms with van der Waals surface area (Å²) in [6, 6.07) is -7.07. The van der Waals surface area contributed by atoms with Crippen LogP contribution in [0.4, 0.5) is 0 Å². The Kier molecular flexibility index (Phi) is 40.6. The van der Waals surface area contributed by atoms with Crippen molar-refractivity contribution < 1.29 is 267 Å². The maximum Gasteiger partial charge on any atom is 0.217 e. The quantitative estimate of drug-likeness (QED) is 0.0277. The van der Waals surface area contributed by atoms with Crippen LogP contribution in [-0.4, -0.2) is 576 Å². The molecule has 0 radical (unpaired) electrons. The van der Waals surface area contributed by atoms with Crippen LogP contribution in [0, 0.1) is 11.8 Å². The Morgan fingerprint density at radius 1 is 0.228 bits per heavy atom. The third-order valence-corrected chi connectivity index (χ3v) is 25.6. The molecular weight excluding hydrogens is 1860 g/mol. The second-order valence-electron chi connectivity index (χ2n) is 35.5.